The first kappa shape index (κ1) is 12.1. The SMILES string of the molecule is CC.CCc1cc(CF)ccc1F. The third kappa shape index (κ3) is 3.53. The van der Waals surface area contributed by atoms with Gasteiger partial charge in [0.05, 0.1) is 0 Å². The molecule has 2 heteroatoms. The van der Waals surface area contributed by atoms with Gasteiger partial charge in [-0.2, -0.15) is 0 Å². The maximum absolute atomic E-state index is 12.8. The van der Waals surface area contributed by atoms with E-state index in [1.165, 1.54) is 12.1 Å². The summed E-state index contributed by atoms with van der Waals surface area (Å²) in [5, 5.41) is 0. The van der Waals surface area contributed by atoms with Gasteiger partial charge in [0.25, 0.3) is 0 Å². The van der Waals surface area contributed by atoms with Crippen LogP contribution in [0, 0.1) is 5.82 Å². The fourth-order valence-electron chi connectivity index (χ4n) is 0.982. The van der Waals surface area contributed by atoms with Gasteiger partial charge in [0.2, 0.25) is 0 Å². The van der Waals surface area contributed by atoms with Crippen LogP contribution in [-0.4, -0.2) is 0 Å². The zero-order valence-corrected chi connectivity index (χ0v) is 8.40. The lowest BCUT2D eigenvalue weighted by Gasteiger charge is -2.00. The minimum atomic E-state index is -0.521. The monoisotopic (exact) mass is 186 g/mol. The van der Waals surface area contributed by atoms with E-state index in [2.05, 4.69) is 0 Å². The Bertz CT molecular complexity index is 244. The van der Waals surface area contributed by atoms with Gasteiger partial charge in [0.1, 0.15) is 12.5 Å². The number of aryl methyl sites for hydroxylation is 1. The third-order valence-corrected chi connectivity index (χ3v) is 1.65. The topological polar surface area (TPSA) is 0 Å². The van der Waals surface area contributed by atoms with Crippen LogP contribution in [0.1, 0.15) is 31.9 Å². The molecule has 0 heterocycles. The standard InChI is InChI=1S/C9H10F2.C2H6/c1-2-8-5-7(6-10)3-4-9(8)11;1-2/h3-5H,2,6H2,1H3;1-2H3. The summed E-state index contributed by atoms with van der Waals surface area (Å²) in [6, 6.07) is 4.34. The summed E-state index contributed by atoms with van der Waals surface area (Å²) < 4.78 is 24.8. The Hall–Kier alpha value is -0.920. The predicted molar refractivity (Wildman–Crippen MR) is 51.9 cm³/mol. The van der Waals surface area contributed by atoms with E-state index in [1.807, 2.05) is 20.8 Å². The molecule has 0 unspecified atom stereocenters. The molecule has 0 aliphatic carbocycles. The average molecular weight is 186 g/mol. The van der Waals surface area contributed by atoms with Crippen LogP contribution in [-0.2, 0) is 13.1 Å². The predicted octanol–water partition coefficient (Wildman–Crippen LogP) is 3.88. The highest BCUT2D eigenvalue weighted by Gasteiger charge is 2.00. The molecule has 0 spiro atoms. The summed E-state index contributed by atoms with van der Waals surface area (Å²) in [5.41, 5.74) is 1.13. The van der Waals surface area contributed by atoms with E-state index in [0.717, 1.165) is 0 Å². The molecule has 0 saturated heterocycles. The molecule has 0 N–H and O–H groups in total. The lowest BCUT2D eigenvalue weighted by molar-refractivity contribution is 0.483. The molecule has 74 valence electrons. The maximum Gasteiger partial charge on any atom is 0.126 e. The van der Waals surface area contributed by atoms with Crippen molar-refractivity contribution in [3.8, 4) is 0 Å². The van der Waals surface area contributed by atoms with E-state index in [-0.39, 0.29) is 5.82 Å². The number of rotatable bonds is 2. The molecule has 1 rings (SSSR count). The summed E-state index contributed by atoms with van der Waals surface area (Å²) >= 11 is 0. The van der Waals surface area contributed by atoms with E-state index >= 15 is 0 Å². The summed E-state index contributed by atoms with van der Waals surface area (Å²) in [7, 11) is 0. The average Bonchev–Trinajstić information content (AvgIpc) is 2.22. The van der Waals surface area contributed by atoms with Crippen molar-refractivity contribution in [1.29, 1.82) is 0 Å². The Kier molecular flexibility index (Phi) is 6.11. The Morgan fingerprint density at radius 2 is 1.85 bits per heavy atom. The quantitative estimate of drug-likeness (QED) is 0.657. The van der Waals surface area contributed by atoms with Gasteiger partial charge in [-0.1, -0.05) is 32.9 Å². The molecule has 0 saturated carbocycles. The maximum atomic E-state index is 12.8. The molecule has 0 bridgehead atoms. The Morgan fingerprint density at radius 1 is 1.23 bits per heavy atom. The highest BCUT2D eigenvalue weighted by Crippen LogP contribution is 2.11. The van der Waals surface area contributed by atoms with Crippen molar-refractivity contribution in [1.82, 2.24) is 0 Å². The lowest BCUT2D eigenvalue weighted by atomic mass is 10.1. The summed E-state index contributed by atoms with van der Waals surface area (Å²) in [4.78, 5) is 0. The van der Waals surface area contributed by atoms with Crippen molar-refractivity contribution in [2.75, 3.05) is 0 Å². The molecule has 1 aromatic rings. The van der Waals surface area contributed by atoms with Crippen molar-refractivity contribution in [2.24, 2.45) is 0 Å². The molecule has 0 aliphatic rings. The highest BCUT2D eigenvalue weighted by atomic mass is 19.1. The van der Waals surface area contributed by atoms with Crippen molar-refractivity contribution >= 4 is 0 Å². The Balaban J connectivity index is 0.000000671. The molecule has 0 amide bonds. The van der Waals surface area contributed by atoms with Gasteiger partial charge < -0.3 is 0 Å². The minimum absolute atomic E-state index is 0.246. The van der Waals surface area contributed by atoms with Gasteiger partial charge >= 0.3 is 0 Å². The summed E-state index contributed by atoms with van der Waals surface area (Å²) in [6.07, 6.45) is 0.611. The van der Waals surface area contributed by atoms with Gasteiger partial charge in [-0.25, -0.2) is 8.78 Å². The number of hydrogen-bond acceptors (Lipinski definition) is 0. The van der Waals surface area contributed by atoms with Crippen LogP contribution in [0.5, 0.6) is 0 Å². The highest BCUT2D eigenvalue weighted by molar-refractivity contribution is 5.24. The molecule has 0 radical (unpaired) electrons. The molecular weight excluding hydrogens is 170 g/mol. The first-order chi connectivity index (χ1) is 6.27. The zero-order valence-electron chi connectivity index (χ0n) is 8.40. The van der Waals surface area contributed by atoms with E-state index in [0.29, 0.717) is 17.5 Å². The first-order valence-electron chi connectivity index (χ1n) is 4.61. The molecule has 0 aromatic heterocycles. The minimum Gasteiger partial charge on any atom is -0.246 e. The molecule has 0 fully saturated rings. The lowest BCUT2D eigenvalue weighted by Crippen LogP contribution is -1.89. The van der Waals surface area contributed by atoms with Gasteiger partial charge in [-0.15, -0.1) is 0 Å². The Labute approximate surface area is 78.6 Å². The Morgan fingerprint density at radius 3 is 2.31 bits per heavy atom. The fourth-order valence-corrected chi connectivity index (χ4v) is 0.982. The number of benzene rings is 1. The van der Waals surface area contributed by atoms with E-state index in [1.54, 1.807) is 6.07 Å². The van der Waals surface area contributed by atoms with Crippen LogP contribution >= 0.6 is 0 Å². The molecular formula is C11H16F2. The third-order valence-electron chi connectivity index (χ3n) is 1.65. The van der Waals surface area contributed by atoms with Crippen molar-refractivity contribution in [3.63, 3.8) is 0 Å². The van der Waals surface area contributed by atoms with Crippen LogP contribution in [0.2, 0.25) is 0 Å². The normalized spacial score (nSPS) is 9.00. The van der Waals surface area contributed by atoms with Gasteiger partial charge in [-0.3, -0.25) is 0 Å². The van der Waals surface area contributed by atoms with E-state index in [4.69, 9.17) is 0 Å². The molecule has 0 aliphatic heterocycles. The summed E-state index contributed by atoms with van der Waals surface area (Å²) in [6.45, 7) is 5.33. The number of halogens is 2. The molecule has 0 atom stereocenters. The molecule has 13 heavy (non-hydrogen) atoms. The van der Waals surface area contributed by atoms with Crippen LogP contribution in [0.3, 0.4) is 0 Å². The second kappa shape index (κ2) is 6.58. The number of alkyl halides is 1. The van der Waals surface area contributed by atoms with Crippen molar-refractivity contribution in [2.45, 2.75) is 33.9 Å². The van der Waals surface area contributed by atoms with Crippen LogP contribution in [0.4, 0.5) is 8.78 Å². The van der Waals surface area contributed by atoms with E-state index in [9.17, 15) is 8.78 Å². The van der Waals surface area contributed by atoms with Gasteiger partial charge in [-0.05, 0) is 23.6 Å². The smallest absolute Gasteiger partial charge is 0.126 e. The van der Waals surface area contributed by atoms with Crippen molar-refractivity contribution in [3.05, 3.63) is 35.1 Å². The first-order valence-corrected chi connectivity index (χ1v) is 4.61. The zero-order chi connectivity index (χ0) is 10.3. The fraction of sp³-hybridized carbons (Fsp3) is 0.455. The van der Waals surface area contributed by atoms with Crippen molar-refractivity contribution < 1.29 is 8.78 Å². The van der Waals surface area contributed by atoms with Gasteiger partial charge in [0, 0.05) is 0 Å². The van der Waals surface area contributed by atoms with Gasteiger partial charge in [0.15, 0.2) is 0 Å². The van der Waals surface area contributed by atoms with Crippen LogP contribution < -0.4 is 0 Å². The number of hydrogen-bond donors (Lipinski definition) is 0. The van der Waals surface area contributed by atoms with Crippen LogP contribution in [0.15, 0.2) is 18.2 Å². The van der Waals surface area contributed by atoms with Crippen LogP contribution in [0.25, 0.3) is 0 Å². The second-order valence-electron chi connectivity index (χ2n) is 2.41. The van der Waals surface area contributed by atoms with E-state index < -0.39 is 6.67 Å². The largest absolute Gasteiger partial charge is 0.246 e. The molecule has 0 nitrogen and oxygen atoms in total. The summed E-state index contributed by atoms with van der Waals surface area (Å²) in [5.74, 6) is -0.246. The molecule has 1 aromatic carbocycles. The second-order valence-corrected chi connectivity index (χ2v) is 2.41.